The van der Waals surface area contributed by atoms with Gasteiger partial charge in [0.1, 0.15) is 5.76 Å². The van der Waals surface area contributed by atoms with E-state index in [1.54, 1.807) is 23.1 Å². The van der Waals surface area contributed by atoms with Crippen molar-refractivity contribution in [3.8, 4) is 11.5 Å². The number of phenols is 1. The SMILES string of the molecule is COc1cc2c(cc1O)CCN(C(=O)c1ccc(C)o1)[C@H]2C. The Hall–Kier alpha value is -2.43. The van der Waals surface area contributed by atoms with Crippen LogP contribution in [0.1, 0.15) is 40.4 Å². The predicted octanol–water partition coefficient (Wildman–Crippen LogP) is 3.06. The van der Waals surface area contributed by atoms with Gasteiger partial charge < -0.3 is 19.2 Å². The van der Waals surface area contributed by atoms with Crippen LogP contribution in [0.3, 0.4) is 0 Å². The minimum Gasteiger partial charge on any atom is -0.504 e. The van der Waals surface area contributed by atoms with Gasteiger partial charge in [-0.15, -0.1) is 0 Å². The van der Waals surface area contributed by atoms with Crippen molar-refractivity contribution in [2.24, 2.45) is 0 Å². The van der Waals surface area contributed by atoms with E-state index in [-0.39, 0.29) is 17.7 Å². The number of aryl methyl sites for hydroxylation is 1. The van der Waals surface area contributed by atoms with Crippen molar-refractivity contribution in [1.29, 1.82) is 0 Å². The van der Waals surface area contributed by atoms with Crippen LogP contribution in [0.5, 0.6) is 11.5 Å². The van der Waals surface area contributed by atoms with E-state index in [1.165, 1.54) is 7.11 Å². The average molecular weight is 301 g/mol. The van der Waals surface area contributed by atoms with Crippen LogP contribution in [0.4, 0.5) is 0 Å². The summed E-state index contributed by atoms with van der Waals surface area (Å²) in [6.07, 6.45) is 0.697. The molecule has 0 aliphatic carbocycles. The maximum Gasteiger partial charge on any atom is 0.290 e. The molecule has 0 saturated carbocycles. The maximum absolute atomic E-state index is 12.6. The molecule has 0 radical (unpaired) electrons. The summed E-state index contributed by atoms with van der Waals surface area (Å²) < 4.78 is 10.6. The molecule has 0 saturated heterocycles. The number of carbonyl (C=O) groups is 1. The molecule has 116 valence electrons. The number of aromatic hydroxyl groups is 1. The fraction of sp³-hybridized carbons (Fsp3) is 0.353. The molecule has 22 heavy (non-hydrogen) atoms. The normalized spacial score (nSPS) is 17.2. The fourth-order valence-corrected chi connectivity index (χ4v) is 2.97. The second-order valence-electron chi connectivity index (χ2n) is 5.56. The van der Waals surface area contributed by atoms with Crippen molar-refractivity contribution in [1.82, 2.24) is 4.90 Å². The topological polar surface area (TPSA) is 62.9 Å². The minimum absolute atomic E-state index is 0.101. The molecule has 0 fully saturated rings. The highest BCUT2D eigenvalue weighted by molar-refractivity contribution is 5.92. The minimum atomic E-state index is -0.113. The van der Waals surface area contributed by atoms with Gasteiger partial charge >= 0.3 is 0 Å². The zero-order valence-corrected chi connectivity index (χ0v) is 12.9. The molecule has 1 aromatic heterocycles. The van der Waals surface area contributed by atoms with Gasteiger partial charge in [-0.1, -0.05) is 0 Å². The number of amides is 1. The summed E-state index contributed by atoms with van der Waals surface area (Å²) in [5, 5.41) is 9.89. The van der Waals surface area contributed by atoms with Crippen LogP contribution in [0.15, 0.2) is 28.7 Å². The molecule has 1 atom stereocenters. The van der Waals surface area contributed by atoms with Gasteiger partial charge in [0.25, 0.3) is 5.91 Å². The largest absolute Gasteiger partial charge is 0.504 e. The van der Waals surface area contributed by atoms with E-state index in [4.69, 9.17) is 9.15 Å². The van der Waals surface area contributed by atoms with E-state index in [0.29, 0.717) is 24.5 Å². The average Bonchev–Trinajstić information content (AvgIpc) is 2.93. The summed E-state index contributed by atoms with van der Waals surface area (Å²) in [6.45, 7) is 4.39. The highest BCUT2D eigenvalue weighted by Gasteiger charge is 2.30. The molecule has 1 aliphatic rings. The Morgan fingerprint density at radius 2 is 2.18 bits per heavy atom. The molecule has 2 aromatic rings. The summed E-state index contributed by atoms with van der Waals surface area (Å²) in [6, 6.07) is 6.93. The van der Waals surface area contributed by atoms with Crippen LogP contribution >= 0.6 is 0 Å². The Balaban J connectivity index is 1.93. The molecule has 1 aliphatic heterocycles. The third-order valence-electron chi connectivity index (χ3n) is 4.19. The van der Waals surface area contributed by atoms with Crippen molar-refractivity contribution in [2.75, 3.05) is 13.7 Å². The second kappa shape index (κ2) is 5.40. The molecule has 3 rings (SSSR count). The summed E-state index contributed by atoms with van der Waals surface area (Å²) >= 11 is 0. The van der Waals surface area contributed by atoms with Crippen LogP contribution in [-0.4, -0.2) is 29.6 Å². The van der Waals surface area contributed by atoms with Gasteiger partial charge in [-0.3, -0.25) is 4.79 Å². The zero-order valence-electron chi connectivity index (χ0n) is 12.9. The number of fused-ring (bicyclic) bond motifs is 1. The van der Waals surface area contributed by atoms with Crippen molar-refractivity contribution < 1.29 is 19.1 Å². The van der Waals surface area contributed by atoms with Gasteiger partial charge in [0.05, 0.1) is 13.2 Å². The first kappa shape index (κ1) is 14.5. The molecule has 0 bridgehead atoms. The van der Waals surface area contributed by atoms with Crippen molar-refractivity contribution in [2.45, 2.75) is 26.3 Å². The van der Waals surface area contributed by atoms with Crippen molar-refractivity contribution >= 4 is 5.91 Å². The lowest BCUT2D eigenvalue weighted by Crippen LogP contribution is -2.38. The smallest absolute Gasteiger partial charge is 0.290 e. The Labute approximate surface area is 129 Å². The molecular formula is C17H19NO4. The predicted molar refractivity (Wildman–Crippen MR) is 81.3 cm³/mol. The van der Waals surface area contributed by atoms with E-state index >= 15 is 0 Å². The number of hydrogen-bond donors (Lipinski definition) is 1. The number of methoxy groups -OCH3 is 1. The summed E-state index contributed by atoms with van der Waals surface area (Å²) in [5.41, 5.74) is 2.04. The Kier molecular flexibility index (Phi) is 3.56. The Bertz CT molecular complexity index is 719. The number of hydrogen-bond acceptors (Lipinski definition) is 4. The van der Waals surface area contributed by atoms with Gasteiger partial charge in [0, 0.05) is 6.54 Å². The fourth-order valence-electron chi connectivity index (χ4n) is 2.97. The highest BCUT2D eigenvalue weighted by atomic mass is 16.5. The van der Waals surface area contributed by atoms with E-state index in [2.05, 4.69) is 0 Å². The quantitative estimate of drug-likeness (QED) is 0.926. The van der Waals surface area contributed by atoms with Gasteiger partial charge in [-0.25, -0.2) is 0 Å². The van der Waals surface area contributed by atoms with Gasteiger partial charge in [0.15, 0.2) is 17.3 Å². The summed E-state index contributed by atoms with van der Waals surface area (Å²) in [4.78, 5) is 14.4. The second-order valence-corrected chi connectivity index (χ2v) is 5.56. The van der Waals surface area contributed by atoms with Crippen LogP contribution < -0.4 is 4.74 Å². The van der Waals surface area contributed by atoms with Crippen LogP contribution in [-0.2, 0) is 6.42 Å². The maximum atomic E-state index is 12.6. The number of rotatable bonds is 2. The molecule has 5 nitrogen and oxygen atoms in total. The molecule has 0 spiro atoms. The first-order valence-corrected chi connectivity index (χ1v) is 7.28. The molecule has 5 heteroatoms. The summed E-state index contributed by atoms with van der Waals surface area (Å²) in [5.74, 6) is 1.53. The van der Waals surface area contributed by atoms with Gasteiger partial charge in [-0.2, -0.15) is 0 Å². The number of nitrogens with zero attached hydrogens (tertiary/aromatic N) is 1. The lowest BCUT2D eigenvalue weighted by atomic mass is 9.92. The third kappa shape index (κ3) is 2.32. The number of phenolic OH excluding ortho intramolecular Hbond substituents is 1. The highest BCUT2D eigenvalue weighted by Crippen LogP contribution is 2.37. The van der Waals surface area contributed by atoms with Crippen LogP contribution in [0.25, 0.3) is 0 Å². The van der Waals surface area contributed by atoms with Crippen molar-refractivity contribution in [3.63, 3.8) is 0 Å². The first-order valence-electron chi connectivity index (χ1n) is 7.28. The lowest BCUT2D eigenvalue weighted by molar-refractivity contribution is 0.0643. The number of furan rings is 1. The zero-order chi connectivity index (χ0) is 15.9. The van der Waals surface area contributed by atoms with Gasteiger partial charge in [0.2, 0.25) is 0 Å². The molecule has 0 unspecified atom stereocenters. The number of carbonyl (C=O) groups excluding carboxylic acids is 1. The molecule has 1 aromatic carbocycles. The first-order chi connectivity index (χ1) is 10.5. The molecule has 1 N–H and O–H groups in total. The van der Waals surface area contributed by atoms with Gasteiger partial charge in [-0.05, 0) is 55.7 Å². The number of ether oxygens (including phenoxy) is 1. The molecule has 1 amide bonds. The van der Waals surface area contributed by atoms with E-state index in [1.807, 2.05) is 19.9 Å². The van der Waals surface area contributed by atoms with Crippen LogP contribution in [0.2, 0.25) is 0 Å². The number of benzene rings is 1. The van der Waals surface area contributed by atoms with E-state index in [0.717, 1.165) is 16.9 Å². The lowest BCUT2D eigenvalue weighted by Gasteiger charge is -2.35. The van der Waals surface area contributed by atoms with E-state index < -0.39 is 0 Å². The molecular weight excluding hydrogens is 282 g/mol. The molecule has 2 heterocycles. The van der Waals surface area contributed by atoms with E-state index in [9.17, 15) is 9.90 Å². The standard InChI is InChI=1S/C17H19NO4/c1-10-4-5-15(22-10)17(20)18-7-6-12-8-14(19)16(21-3)9-13(12)11(18)2/h4-5,8-9,11,19H,6-7H2,1-3H3/t11-/m0/s1. The summed E-state index contributed by atoms with van der Waals surface area (Å²) in [7, 11) is 1.52. The van der Waals surface area contributed by atoms with Crippen LogP contribution in [0, 0.1) is 6.92 Å². The monoisotopic (exact) mass is 301 g/mol. The Morgan fingerprint density at radius 3 is 2.82 bits per heavy atom. The van der Waals surface area contributed by atoms with Crippen molar-refractivity contribution in [3.05, 3.63) is 46.9 Å². The Morgan fingerprint density at radius 1 is 1.41 bits per heavy atom. The third-order valence-corrected chi connectivity index (χ3v) is 4.19.